The van der Waals surface area contributed by atoms with Crippen molar-refractivity contribution < 1.29 is 4.74 Å². The Morgan fingerprint density at radius 1 is 0.973 bits per heavy atom. The molecule has 4 heteroatoms. The number of fused-ring (bicyclic) bond motifs is 3. The third-order valence-electron chi connectivity index (χ3n) is 7.33. The lowest BCUT2D eigenvalue weighted by molar-refractivity contribution is 0.306. The highest BCUT2D eigenvalue weighted by atomic mass is 79.9. The molecule has 1 N–H and O–H groups in total. The molecule has 1 aliphatic carbocycles. The Bertz CT molecular complexity index is 1460. The zero-order valence-electron chi connectivity index (χ0n) is 20.8. The van der Waals surface area contributed by atoms with Crippen LogP contribution in [0.3, 0.4) is 0 Å². The summed E-state index contributed by atoms with van der Waals surface area (Å²) in [5.74, 6) is 1.83. The van der Waals surface area contributed by atoms with Crippen LogP contribution in [0.25, 0.3) is 0 Å². The average molecular weight is 550 g/mol. The number of nitrogens with zero attached hydrogens (tertiary/aromatic N) is 1. The summed E-state index contributed by atoms with van der Waals surface area (Å²) in [6, 6.07) is 31.9. The number of anilines is 1. The second-order valence-corrected chi connectivity index (χ2v) is 10.8. The van der Waals surface area contributed by atoms with Crippen molar-refractivity contribution in [3.05, 3.63) is 135 Å². The Labute approximate surface area is 227 Å². The monoisotopic (exact) mass is 548 g/mol. The van der Waals surface area contributed by atoms with Crippen LogP contribution in [0.15, 0.2) is 113 Å². The third-order valence-corrected chi connectivity index (χ3v) is 7.83. The SMILES string of the molecule is Cc1ccc2c(c1)[C@@H]1C=CC[C@@H]1[C@H](c1ccc(N=Cc3cc(Br)ccc3OCc3ccccc3)cc1)N2. The number of halogens is 1. The topological polar surface area (TPSA) is 33.6 Å². The van der Waals surface area contributed by atoms with Gasteiger partial charge in [-0.25, -0.2) is 0 Å². The van der Waals surface area contributed by atoms with Gasteiger partial charge in [-0.3, -0.25) is 4.99 Å². The maximum atomic E-state index is 6.11. The number of aryl methyl sites for hydroxylation is 1. The summed E-state index contributed by atoms with van der Waals surface area (Å²) in [6.45, 7) is 2.69. The molecule has 4 aromatic rings. The molecule has 1 heterocycles. The average Bonchev–Trinajstić information content (AvgIpc) is 3.42. The van der Waals surface area contributed by atoms with Gasteiger partial charge in [-0.05, 0) is 72.4 Å². The molecule has 0 fully saturated rings. The van der Waals surface area contributed by atoms with E-state index in [1.54, 1.807) is 0 Å². The number of ether oxygens (including phenoxy) is 1. The van der Waals surface area contributed by atoms with E-state index in [9.17, 15) is 0 Å². The fourth-order valence-electron chi connectivity index (χ4n) is 5.44. The molecule has 0 saturated carbocycles. The number of aliphatic imine (C=N–C) groups is 1. The summed E-state index contributed by atoms with van der Waals surface area (Å²) < 4.78 is 7.11. The lowest BCUT2D eigenvalue weighted by atomic mass is 9.76. The van der Waals surface area contributed by atoms with Gasteiger partial charge >= 0.3 is 0 Å². The van der Waals surface area contributed by atoms with E-state index in [-0.39, 0.29) is 6.04 Å². The number of benzene rings is 4. The molecule has 3 nitrogen and oxygen atoms in total. The van der Waals surface area contributed by atoms with Gasteiger partial charge in [0.1, 0.15) is 12.4 Å². The van der Waals surface area contributed by atoms with E-state index in [2.05, 4.69) is 94.9 Å². The number of hydrogen-bond acceptors (Lipinski definition) is 3. The summed E-state index contributed by atoms with van der Waals surface area (Å²) in [5.41, 5.74) is 8.30. The van der Waals surface area contributed by atoms with Gasteiger partial charge < -0.3 is 10.1 Å². The summed E-state index contributed by atoms with van der Waals surface area (Å²) in [6.07, 6.45) is 7.72. The largest absolute Gasteiger partial charge is 0.488 e. The molecule has 37 heavy (non-hydrogen) atoms. The number of rotatable bonds is 6. The highest BCUT2D eigenvalue weighted by Crippen LogP contribution is 2.50. The molecule has 3 atom stereocenters. The zero-order chi connectivity index (χ0) is 25.2. The molecular weight excluding hydrogens is 520 g/mol. The Hall–Kier alpha value is -3.63. The lowest BCUT2D eigenvalue weighted by Crippen LogP contribution is -2.29. The Kier molecular flexibility index (Phi) is 6.67. The predicted octanol–water partition coefficient (Wildman–Crippen LogP) is 8.91. The number of nitrogens with one attached hydrogen (secondary N) is 1. The van der Waals surface area contributed by atoms with Crippen LogP contribution in [0, 0.1) is 12.8 Å². The maximum absolute atomic E-state index is 6.11. The van der Waals surface area contributed by atoms with Crippen LogP contribution in [0.5, 0.6) is 5.75 Å². The van der Waals surface area contributed by atoms with Gasteiger partial charge in [0.2, 0.25) is 0 Å². The fraction of sp³-hybridized carbons (Fsp3) is 0.182. The summed E-state index contributed by atoms with van der Waals surface area (Å²) >= 11 is 3.58. The smallest absolute Gasteiger partial charge is 0.128 e. The van der Waals surface area contributed by atoms with E-state index in [4.69, 9.17) is 9.73 Å². The third kappa shape index (κ3) is 5.12. The van der Waals surface area contributed by atoms with E-state index >= 15 is 0 Å². The first-order valence-electron chi connectivity index (χ1n) is 12.8. The molecule has 2 aliphatic rings. The molecule has 0 amide bonds. The lowest BCUT2D eigenvalue weighted by Gasteiger charge is -2.37. The van der Waals surface area contributed by atoms with Gasteiger partial charge in [-0.2, -0.15) is 0 Å². The van der Waals surface area contributed by atoms with Gasteiger partial charge in [-0.1, -0.05) is 88.2 Å². The first kappa shape index (κ1) is 23.7. The van der Waals surface area contributed by atoms with Crippen molar-refractivity contribution in [1.29, 1.82) is 0 Å². The molecule has 0 unspecified atom stereocenters. The molecule has 0 aromatic heterocycles. The van der Waals surface area contributed by atoms with Crippen molar-refractivity contribution in [1.82, 2.24) is 0 Å². The highest BCUT2D eigenvalue weighted by molar-refractivity contribution is 9.10. The second kappa shape index (κ2) is 10.4. The van der Waals surface area contributed by atoms with Gasteiger partial charge in [-0.15, -0.1) is 0 Å². The molecule has 4 aromatic carbocycles. The van der Waals surface area contributed by atoms with Gasteiger partial charge in [0, 0.05) is 27.9 Å². The van der Waals surface area contributed by atoms with Gasteiger partial charge in [0.05, 0.1) is 11.7 Å². The predicted molar refractivity (Wildman–Crippen MR) is 156 cm³/mol. The summed E-state index contributed by atoms with van der Waals surface area (Å²) in [5, 5.41) is 3.83. The first-order valence-corrected chi connectivity index (χ1v) is 13.6. The van der Waals surface area contributed by atoms with Crippen LogP contribution < -0.4 is 10.1 Å². The minimum Gasteiger partial charge on any atom is -0.488 e. The Morgan fingerprint density at radius 2 is 1.81 bits per heavy atom. The van der Waals surface area contributed by atoms with Crippen LogP contribution in [0.4, 0.5) is 11.4 Å². The van der Waals surface area contributed by atoms with Crippen molar-refractivity contribution in [2.24, 2.45) is 10.9 Å². The first-order chi connectivity index (χ1) is 18.1. The van der Waals surface area contributed by atoms with Crippen molar-refractivity contribution in [2.45, 2.75) is 31.9 Å². The van der Waals surface area contributed by atoms with E-state index < -0.39 is 0 Å². The van der Waals surface area contributed by atoms with Crippen LogP contribution in [0.2, 0.25) is 0 Å². The molecule has 0 bridgehead atoms. The molecule has 184 valence electrons. The van der Waals surface area contributed by atoms with E-state index in [0.717, 1.165) is 33.5 Å². The van der Waals surface area contributed by atoms with Crippen LogP contribution >= 0.6 is 15.9 Å². The quantitative estimate of drug-likeness (QED) is 0.192. The summed E-state index contributed by atoms with van der Waals surface area (Å²) in [7, 11) is 0. The molecular formula is C33H29BrN2O. The van der Waals surface area contributed by atoms with Crippen LogP contribution in [-0.4, -0.2) is 6.21 Å². The van der Waals surface area contributed by atoms with E-state index in [1.165, 1.54) is 22.4 Å². The van der Waals surface area contributed by atoms with Crippen molar-refractivity contribution >= 4 is 33.5 Å². The van der Waals surface area contributed by atoms with Crippen LogP contribution in [-0.2, 0) is 6.61 Å². The van der Waals surface area contributed by atoms with Crippen molar-refractivity contribution in [3.63, 3.8) is 0 Å². The molecule has 6 rings (SSSR count). The minimum atomic E-state index is 0.288. The number of allylic oxidation sites excluding steroid dienone is 2. The fourth-order valence-corrected chi connectivity index (χ4v) is 5.82. The van der Waals surface area contributed by atoms with Crippen molar-refractivity contribution in [2.75, 3.05) is 5.32 Å². The molecule has 1 aliphatic heterocycles. The van der Waals surface area contributed by atoms with Crippen molar-refractivity contribution in [3.8, 4) is 5.75 Å². The minimum absolute atomic E-state index is 0.288. The normalized spacial score (nSPS) is 19.9. The Morgan fingerprint density at radius 3 is 2.65 bits per heavy atom. The summed E-state index contributed by atoms with van der Waals surface area (Å²) in [4.78, 5) is 4.77. The molecule has 0 spiro atoms. The zero-order valence-corrected chi connectivity index (χ0v) is 22.4. The van der Waals surface area contributed by atoms with Gasteiger partial charge in [0.25, 0.3) is 0 Å². The highest BCUT2D eigenvalue weighted by Gasteiger charge is 2.37. The molecule has 0 radical (unpaired) electrons. The van der Waals surface area contributed by atoms with Crippen LogP contribution in [0.1, 0.15) is 46.2 Å². The van der Waals surface area contributed by atoms with E-state index in [1.807, 2.05) is 42.6 Å². The Balaban J connectivity index is 1.20. The van der Waals surface area contributed by atoms with E-state index in [0.29, 0.717) is 18.4 Å². The second-order valence-electron chi connectivity index (χ2n) is 9.87. The maximum Gasteiger partial charge on any atom is 0.128 e. The van der Waals surface area contributed by atoms with Gasteiger partial charge in [0.15, 0.2) is 0 Å². The standard InChI is InChI=1S/C33H29BrN2O/c1-22-10-16-31-30(18-22)28-8-5-9-29(28)33(36-31)24-11-14-27(15-12-24)35-20-25-19-26(34)13-17-32(25)37-21-23-6-3-2-4-7-23/h2-8,10-20,28-29,33,36H,9,21H2,1H3/t28-,29+,33+/m1/s1. The number of hydrogen-bond donors (Lipinski definition) is 1. The molecule has 0 saturated heterocycles.